The van der Waals surface area contributed by atoms with Crippen molar-refractivity contribution in [3.8, 4) is 0 Å². The zero-order valence-corrected chi connectivity index (χ0v) is 16.4. The number of allylic oxidation sites excluding steroid dienone is 2. The van der Waals surface area contributed by atoms with Crippen molar-refractivity contribution in [1.29, 1.82) is 0 Å². The molecule has 1 rings (SSSR count). The van der Waals surface area contributed by atoms with E-state index in [9.17, 15) is 9.59 Å². The fraction of sp³-hybridized carbons (Fsp3) is 0.700. The Labute approximate surface area is 152 Å². The molecule has 0 spiro atoms. The normalized spacial score (nSPS) is 17.4. The van der Waals surface area contributed by atoms with E-state index < -0.39 is 5.41 Å². The maximum Gasteiger partial charge on any atom is 0.305 e. The zero-order valence-electron chi connectivity index (χ0n) is 16.4. The van der Waals surface area contributed by atoms with E-state index in [0.717, 1.165) is 32.2 Å². The third-order valence-corrected chi connectivity index (χ3v) is 4.24. The van der Waals surface area contributed by atoms with Gasteiger partial charge in [-0.2, -0.15) is 0 Å². The molecule has 5 nitrogen and oxygen atoms in total. The molecule has 25 heavy (non-hydrogen) atoms. The van der Waals surface area contributed by atoms with E-state index in [0.29, 0.717) is 13.0 Å². The van der Waals surface area contributed by atoms with Crippen LogP contribution in [0.1, 0.15) is 59.8 Å². The van der Waals surface area contributed by atoms with Crippen LogP contribution in [0.4, 0.5) is 0 Å². The Balaban J connectivity index is 2.77. The SMILES string of the molecule is CCOC(=O)CCC1C=CN(C(=O)C(C)(C)C)C=C1CCCCNC. The highest BCUT2D eigenvalue weighted by atomic mass is 16.5. The summed E-state index contributed by atoms with van der Waals surface area (Å²) in [6, 6.07) is 0. The van der Waals surface area contributed by atoms with E-state index in [-0.39, 0.29) is 17.8 Å². The maximum atomic E-state index is 12.5. The van der Waals surface area contributed by atoms with Crippen LogP contribution in [-0.2, 0) is 14.3 Å². The van der Waals surface area contributed by atoms with Gasteiger partial charge in [0.1, 0.15) is 0 Å². The number of hydrogen-bond acceptors (Lipinski definition) is 4. The number of amides is 1. The molecule has 0 aliphatic carbocycles. The average molecular weight is 351 g/mol. The number of ether oxygens (including phenoxy) is 1. The molecule has 5 heteroatoms. The molecule has 0 aromatic rings. The lowest BCUT2D eigenvalue weighted by atomic mass is 9.88. The molecule has 142 valence electrons. The predicted molar refractivity (Wildman–Crippen MR) is 101 cm³/mol. The molecular formula is C20H34N2O3. The van der Waals surface area contributed by atoms with Crippen molar-refractivity contribution >= 4 is 11.9 Å². The van der Waals surface area contributed by atoms with Crippen LogP contribution in [0.15, 0.2) is 24.0 Å². The van der Waals surface area contributed by atoms with Crippen molar-refractivity contribution in [2.75, 3.05) is 20.2 Å². The topological polar surface area (TPSA) is 58.6 Å². The lowest BCUT2D eigenvalue weighted by Gasteiger charge is -2.30. The number of unbranched alkanes of at least 4 members (excludes halogenated alkanes) is 1. The second-order valence-corrected chi connectivity index (χ2v) is 7.52. The first-order valence-corrected chi connectivity index (χ1v) is 9.31. The predicted octanol–water partition coefficient (Wildman–Crippen LogP) is 3.62. The minimum Gasteiger partial charge on any atom is -0.466 e. The van der Waals surface area contributed by atoms with E-state index in [4.69, 9.17) is 4.74 Å². The summed E-state index contributed by atoms with van der Waals surface area (Å²) in [6.45, 7) is 9.01. The number of carbonyl (C=O) groups excluding carboxylic acids is 2. The summed E-state index contributed by atoms with van der Waals surface area (Å²) >= 11 is 0. The number of hydrogen-bond donors (Lipinski definition) is 1. The van der Waals surface area contributed by atoms with Gasteiger partial charge in [0, 0.05) is 30.2 Å². The van der Waals surface area contributed by atoms with Gasteiger partial charge in [0.15, 0.2) is 0 Å². The Kier molecular flexibility index (Phi) is 8.90. The van der Waals surface area contributed by atoms with Crippen LogP contribution in [0.2, 0.25) is 0 Å². The Bertz CT molecular complexity index is 504. The molecule has 1 aliphatic rings. The average Bonchev–Trinajstić information content (AvgIpc) is 2.56. The second kappa shape index (κ2) is 10.4. The minimum absolute atomic E-state index is 0.0836. The Morgan fingerprint density at radius 1 is 1.28 bits per heavy atom. The highest BCUT2D eigenvalue weighted by molar-refractivity contribution is 5.83. The van der Waals surface area contributed by atoms with Crippen molar-refractivity contribution in [1.82, 2.24) is 10.2 Å². The molecule has 0 aromatic heterocycles. The summed E-state index contributed by atoms with van der Waals surface area (Å²) in [5.41, 5.74) is 0.802. The van der Waals surface area contributed by atoms with E-state index in [1.165, 1.54) is 5.57 Å². The van der Waals surface area contributed by atoms with Gasteiger partial charge in [0.2, 0.25) is 5.91 Å². The molecule has 1 atom stereocenters. The van der Waals surface area contributed by atoms with Crippen LogP contribution in [0.3, 0.4) is 0 Å². The smallest absolute Gasteiger partial charge is 0.305 e. The standard InChI is InChI=1S/C20H34N2O3/c1-6-25-18(23)11-10-16-12-14-22(19(24)20(2,3)4)15-17(16)9-7-8-13-21-5/h12,14-16,21H,6-11,13H2,1-5H3. The Morgan fingerprint density at radius 3 is 2.60 bits per heavy atom. The van der Waals surface area contributed by atoms with Crippen LogP contribution in [0, 0.1) is 11.3 Å². The molecule has 0 saturated carbocycles. The fourth-order valence-electron chi connectivity index (χ4n) is 2.82. The molecule has 0 radical (unpaired) electrons. The number of rotatable bonds is 9. The molecule has 1 N–H and O–H groups in total. The minimum atomic E-state index is -0.421. The summed E-state index contributed by atoms with van der Waals surface area (Å²) in [5.74, 6) is 0.127. The van der Waals surface area contributed by atoms with Gasteiger partial charge in [-0.3, -0.25) is 14.5 Å². The van der Waals surface area contributed by atoms with Gasteiger partial charge in [-0.05, 0) is 51.8 Å². The maximum absolute atomic E-state index is 12.5. The van der Waals surface area contributed by atoms with Gasteiger partial charge < -0.3 is 10.1 Å². The summed E-state index contributed by atoms with van der Waals surface area (Å²) in [7, 11) is 1.95. The monoisotopic (exact) mass is 350 g/mol. The van der Waals surface area contributed by atoms with Crippen molar-refractivity contribution in [2.24, 2.45) is 11.3 Å². The quantitative estimate of drug-likeness (QED) is 0.510. The van der Waals surface area contributed by atoms with E-state index in [1.807, 2.05) is 47.1 Å². The zero-order chi connectivity index (χ0) is 18.9. The largest absolute Gasteiger partial charge is 0.466 e. The summed E-state index contributed by atoms with van der Waals surface area (Å²) < 4.78 is 5.03. The first-order valence-electron chi connectivity index (χ1n) is 9.31. The van der Waals surface area contributed by atoms with Crippen LogP contribution >= 0.6 is 0 Å². The number of esters is 1. The summed E-state index contributed by atoms with van der Waals surface area (Å²) in [5, 5.41) is 3.16. The third-order valence-electron chi connectivity index (χ3n) is 4.24. The van der Waals surface area contributed by atoms with E-state index in [1.54, 1.807) is 4.90 Å². The van der Waals surface area contributed by atoms with Crippen LogP contribution in [-0.4, -0.2) is 37.0 Å². The highest BCUT2D eigenvalue weighted by Gasteiger charge is 2.28. The first-order chi connectivity index (χ1) is 11.8. The van der Waals surface area contributed by atoms with Crippen molar-refractivity contribution in [3.63, 3.8) is 0 Å². The molecule has 1 amide bonds. The highest BCUT2D eigenvalue weighted by Crippen LogP contribution is 2.30. The molecule has 1 unspecified atom stereocenters. The van der Waals surface area contributed by atoms with Gasteiger partial charge in [-0.25, -0.2) is 0 Å². The molecule has 0 fully saturated rings. The summed E-state index contributed by atoms with van der Waals surface area (Å²) in [4.78, 5) is 25.9. The number of nitrogens with one attached hydrogen (secondary N) is 1. The van der Waals surface area contributed by atoms with Gasteiger partial charge in [-0.1, -0.05) is 26.8 Å². The molecule has 0 bridgehead atoms. The molecule has 1 aliphatic heterocycles. The van der Waals surface area contributed by atoms with Gasteiger partial charge >= 0.3 is 5.97 Å². The molecule has 0 aromatic carbocycles. The van der Waals surface area contributed by atoms with Crippen LogP contribution in [0.25, 0.3) is 0 Å². The number of carbonyl (C=O) groups is 2. The van der Waals surface area contributed by atoms with E-state index >= 15 is 0 Å². The lowest BCUT2D eigenvalue weighted by molar-refractivity contribution is -0.143. The van der Waals surface area contributed by atoms with Gasteiger partial charge in [0.25, 0.3) is 0 Å². The summed E-state index contributed by atoms with van der Waals surface area (Å²) in [6.07, 6.45) is 10.1. The Morgan fingerprint density at radius 2 is 2.00 bits per heavy atom. The van der Waals surface area contributed by atoms with Gasteiger partial charge in [0.05, 0.1) is 6.61 Å². The molecular weight excluding hydrogens is 316 g/mol. The first kappa shape index (κ1) is 21.4. The molecule has 0 saturated heterocycles. The third kappa shape index (κ3) is 7.43. The van der Waals surface area contributed by atoms with Crippen LogP contribution < -0.4 is 5.32 Å². The number of nitrogens with zero attached hydrogens (tertiary/aromatic N) is 1. The van der Waals surface area contributed by atoms with Crippen molar-refractivity contribution < 1.29 is 14.3 Å². The second-order valence-electron chi connectivity index (χ2n) is 7.52. The van der Waals surface area contributed by atoms with Crippen molar-refractivity contribution in [3.05, 3.63) is 24.0 Å². The lowest BCUT2D eigenvalue weighted by Crippen LogP contribution is -2.34. The fourth-order valence-corrected chi connectivity index (χ4v) is 2.82. The van der Waals surface area contributed by atoms with Crippen molar-refractivity contribution in [2.45, 2.75) is 59.8 Å². The van der Waals surface area contributed by atoms with E-state index in [2.05, 4.69) is 11.4 Å². The van der Waals surface area contributed by atoms with Crippen LogP contribution in [0.5, 0.6) is 0 Å². The molecule has 1 heterocycles. The Hall–Kier alpha value is -1.62. The van der Waals surface area contributed by atoms with Gasteiger partial charge in [-0.15, -0.1) is 0 Å².